The van der Waals surface area contributed by atoms with Gasteiger partial charge in [-0.2, -0.15) is 0 Å². The van der Waals surface area contributed by atoms with Crippen LogP contribution in [0.3, 0.4) is 0 Å². The van der Waals surface area contributed by atoms with Crippen molar-refractivity contribution in [1.82, 2.24) is 10.2 Å². The van der Waals surface area contributed by atoms with Crippen molar-refractivity contribution in [2.24, 2.45) is 5.92 Å². The molecule has 0 saturated carbocycles. The molecule has 17 heavy (non-hydrogen) atoms. The molecule has 2 rings (SSSR count). The first-order chi connectivity index (χ1) is 8.25. The Morgan fingerprint density at radius 1 is 1.35 bits per heavy atom. The topological polar surface area (TPSA) is 24.5 Å². The predicted molar refractivity (Wildman–Crippen MR) is 71.3 cm³/mol. The smallest absolute Gasteiger partial charge is 0.0621 e. The molecule has 0 bridgehead atoms. The lowest BCUT2D eigenvalue weighted by atomic mass is 10.0. The van der Waals surface area contributed by atoms with Gasteiger partial charge in [-0.3, -0.25) is 4.90 Å². The van der Waals surface area contributed by atoms with E-state index in [0.29, 0.717) is 12.1 Å². The lowest BCUT2D eigenvalue weighted by Gasteiger charge is -2.35. The maximum absolute atomic E-state index is 5.63. The average molecular weight is 240 g/mol. The van der Waals surface area contributed by atoms with Gasteiger partial charge < -0.3 is 10.1 Å². The minimum Gasteiger partial charge on any atom is -0.380 e. The van der Waals surface area contributed by atoms with Crippen LogP contribution < -0.4 is 5.32 Å². The summed E-state index contributed by atoms with van der Waals surface area (Å²) in [6, 6.07) is 1.36. The van der Waals surface area contributed by atoms with E-state index in [-0.39, 0.29) is 0 Å². The fourth-order valence-electron chi connectivity index (χ4n) is 3.10. The van der Waals surface area contributed by atoms with Crippen molar-refractivity contribution in [3.05, 3.63) is 0 Å². The third-order valence-electron chi connectivity index (χ3n) is 3.92. The Morgan fingerprint density at radius 3 is 2.94 bits per heavy atom. The Balaban J connectivity index is 1.86. The second-order valence-electron chi connectivity index (χ2n) is 6.00. The van der Waals surface area contributed by atoms with Crippen LogP contribution in [-0.2, 0) is 4.74 Å². The molecule has 2 unspecified atom stereocenters. The maximum Gasteiger partial charge on any atom is 0.0621 e. The lowest BCUT2D eigenvalue weighted by molar-refractivity contribution is 0.0167. The maximum atomic E-state index is 5.63. The second kappa shape index (κ2) is 6.72. The van der Waals surface area contributed by atoms with E-state index < -0.39 is 0 Å². The van der Waals surface area contributed by atoms with Gasteiger partial charge in [-0.15, -0.1) is 0 Å². The van der Waals surface area contributed by atoms with Crippen LogP contribution >= 0.6 is 0 Å². The molecule has 2 heterocycles. The van der Waals surface area contributed by atoms with Gasteiger partial charge in [-0.1, -0.05) is 13.8 Å². The average Bonchev–Trinajstić information content (AvgIpc) is 2.55. The third kappa shape index (κ3) is 4.23. The van der Waals surface area contributed by atoms with Gasteiger partial charge in [0.1, 0.15) is 0 Å². The van der Waals surface area contributed by atoms with E-state index in [1.165, 1.54) is 45.3 Å². The van der Waals surface area contributed by atoms with Gasteiger partial charge in [0.05, 0.1) is 6.61 Å². The highest BCUT2D eigenvalue weighted by Crippen LogP contribution is 2.17. The SMILES string of the molecule is CC(C)CC1CN(C2CCCOC2)CCCN1. The van der Waals surface area contributed by atoms with Crippen LogP contribution in [0.4, 0.5) is 0 Å². The molecule has 0 spiro atoms. The molecular formula is C14H28N2O. The molecule has 2 saturated heterocycles. The van der Waals surface area contributed by atoms with Crippen molar-refractivity contribution in [3.8, 4) is 0 Å². The molecule has 2 atom stereocenters. The minimum atomic E-state index is 0.679. The molecule has 2 aliphatic rings. The van der Waals surface area contributed by atoms with Crippen molar-refractivity contribution >= 4 is 0 Å². The second-order valence-corrected chi connectivity index (χ2v) is 6.00. The van der Waals surface area contributed by atoms with Crippen LogP contribution in [0.5, 0.6) is 0 Å². The lowest BCUT2D eigenvalue weighted by Crippen LogP contribution is -2.46. The van der Waals surface area contributed by atoms with Gasteiger partial charge >= 0.3 is 0 Å². The van der Waals surface area contributed by atoms with E-state index in [0.717, 1.165) is 19.1 Å². The fourth-order valence-corrected chi connectivity index (χ4v) is 3.10. The van der Waals surface area contributed by atoms with Crippen molar-refractivity contribution < 1.29 is 4.74 Å². The molecule has 0 radical (unpaired) electrons. The highest BCUT2D eigenvalue weighted by molar-refractivity contribution is 4.83. The van der Waals surface area contributed by atoms with Gasteiger partial charge in [0.2, 0.25) is 0 Å². The Kier molecular flexibility index (Phi) is 5.26. The Bertz CT molecular complexity index is 214. The summed E-state index contributed by atoms with van der Waals surface area (Å²) in [6.45, 7) is 10.2. The molecular weight excluding hydrogens is 212 g/mol. The van der Waals surface area contributed by atoms with Gasteiger partial charge in [0.25, 0.3) is 0 Å². The van der Waals surface area contributed by atoms with Crippen LogP contribution in [0.15, 0.2) is 0 Å². The van der Waals surface area contributed by atoms with Gasteiger partial charge in [-0.25, -0.2) is 0 Å². The number of ether oxygens (including phenoxy) is 1. The highest BCUT2D eigenvalue weighted by atomic mass is 16.5. The van der Waals surface area contributed by atoms with E-state index in [1.807, 2.05) is 0 Å². The first kappa shape index (κ1) is 13.3. The largest absolute Gasteiger partial charge is 0.380 e. The fraction of sp³-hybridized carbons (Fsp3) is 1.00. The first-order valence-electron chi connectivity index (χ1n) is 7.31. The quantitative estimate of drug-likeness (QED) is 0.815. The van der Waals surface area contributed by atoms with Gasteiger partial charge in [0, 0.05) is 25.2 Å². The Hall–Kier alpha value is -0.120. The van der Waals surface area contributed by atoms with E-state index in [9.17, 15) is 0 Å². The number of hydrogen-bond acceptors (Lipinski definition) is 3. The van der Waals surface area contributed by atoms with Crippen LogP contribution in [0, 0.1) is 5.92 Å². The number of rotatable bonds is 3. The van der Waals surface area contributed by atoms with Crippen molar-refractivity contribution in [2.75, 3.05) is 32.8 Å². The number of hydrogen-bond donors (Lipinski definition) is 1. The zero-order chi connectivity index (χ0) is 12.1. The number of nitrogens with zero attached hydrogens (tertiary/aromatic N) is 1. The molecule has 0 amide bonds. The molecule has 0 aromatic heterocycles. The van der Waals surface area contributed by atoms with E-state index in [2.05, 4.69) is 24.1 Å². The molecule has 100 valence electrons. The van der Waals surface area contributed by atoms with Crippen LogP contribution in [0.1, 0.15) is 39.5 Å². The summed E-state index contributed by atoms with van der Waals surface area (Å²) in [5.41, 5.74) is 0. The van der Waals surface area contributed by atoms with Gasteiger partial charge in [0.15, 0.2) is 0 Å². The molecule has 0 aromatic carbocycles. The van der Waals surface area contributed by atoms with Gasteiger partial charge in [-0.05, 0) is 44.7 Å². The van der Waals surface area contributed by atoms with E-state index in [4.69, 9.17) is 4.74 Å². The summed E-state index contributed by atoms with van der Waals surface area (Å²) in [5.74, 6) is 0.787. The summed E-state index contributed by atoms with van der Waals surface area (Å²) < 4.78 is 5.63. The van der Waals surface area contributed by atoms with Crippen LogP contribution in [0.2, 0.25) is 0 Å². The highest BCUT2D eigenvalue weighted by Gasteiger charge is 2.26. The molecule has 1 N–H and O–H groups in total. The van der Waals surface area contributed by atoms with E-state index >= 15 is 0 Å². The zero-order valence-corrected chi connectivity index (χ0v) is 11.5. The summed E-state index contributed by atoms with van der Waals surface area (Å²) in [4.78, 5) is 2.67. The summed E-state index contributed by atoms with van der Waals surface area (Å²) in [7, 11) is 0. The molecule has 3 nitrogen and oxygen atoms in total. The monoisotopic (exact) mass is 240 g/mol. The van der Waals surface area contributed by atoms with Crippen molar-refractivity contribution in [2.45, 2.75) is 51.6 Å². The minimum absolute atomic E-state index is 0.679. The third-order valence-corrected chi connectivity index (χ3v) is 3.92. The number of nitrogens with one attached hydrogen (secondary N) is 1. The summed E-state index contributed by atoms with van der Waals surface area (Å²) in [5, 5.41) is 3.70. The Labute approximate surface area is 106 Å². The standard InChI is InChI=1S/C14H28N2O/c1-12(2)9-13-10-16(7-4-6-15-13)14-5-3-8-17-11-14/h12-15H,3-11H2,1-2H3. The molecule has 2 fully saturated rings. The van der Waals surface area contributed by atoms with Crippen LogP contribution in [0.25, 0.3) is 0 Å². The van der Waals surface area contributed by atoms with Crippen molar-refractivity contribution in [1.29, 1.82) is 0 Å². The van der Waals surface area contributed by atoms with Crippen LogP contribution in [-0.4, -0.2) is 49.8 Å². The normalized spacial score (nSPS) is 32.6. The summed E-state index contributed by atoms with van der Waals surface area (Å²) >= 11 is 0. The predicted octanol–water partition coefficient (Wildman–Crippen LogP) is 1.88. The Morgan fingerprint density at radius 2 is 2.24 bits per heavy atom. The molecule has 0 aromatic rings. The van der Waals surface area contributed by atoms with Crippen molar-refractivity contribution in [3.63, 3.8) is 0 Å². The summed E-state index contributed by atoms with van der Waals surface area (Å²) in [6.07, 6.45) is 5.15. The first-order valence-corrected chi connectivity index (χ1v) is 7.31. The zero-order valence-electron chi connectivity index (χ0n) is 11.5. The molecule has 2 aliphatic heterocycles. The molecule has 0 aliphatic carbocycles. The van der Waals surface area contributed by atoms with E-state index in [1.54, 1.807) is 0 Å². The molecule has 3 heteroatoms.